The highest BCUT2D eigenvalue weighted by atomic mass is 16.5. The molecule has 0 rings (SSSR count). The Morgan fingerprint density at radius 3 is 2.47 bits per heavy atom. The molecule has 3 nitrogen and oxygen atoms in total. The Morgan fingerprint density at radius 2 is 2.00 bits per heavy atom. The molecule has 90 valence electrons. The fourth-order valence-electron chi connectivity index (χ4n) is 1.42. The van der Waals surface area contributed by atoms with Crippen LogP contribution in [0.3, 0.4) is 0 Å². The van der Waals surface area contributed by atoms with Crippen LogP contribution in [-0.2, 0) is 14.2 Å². The zero-order valence-corrected chi connectivity index (χ0v) is 10.4. The average molecular weight is 216 g/mol. The van der Waals surface area contributed by atoms with Crippen molar-refractivity contribution < 1.29 is 14.2 Å². The van der Waals surface area contributed by atoms with Gasteiger partial charge in [0.2, 0.25) is 0 Å². The maximum Gasteiger partial charge on any atom is 0.0917 e. The molecule has 0 aromatic carbocycles. The largest absolute Gasteiger partial charge is 0.501 e. The Hall–Kier alpha value is -0.540. The fourth-order valence-corrected chi connectivity index (χ4v) is 1.42. The molecular formula is C12H24O3. The van der Waals surface area contributed by atoms with Crippen molar-refractivity contribution in [3.63, 3.8) is 0 Å². The van der Waals surface area contributed by atoms with Crippen LogP contribution < -0.4 is 0 Å². The van der Waals surface area contributed by atoms with Crippen LogP contribution in [-0.4, -0.2) is 34.0 Å². The van der Waals surface area contributed by atoms with Crippen molar-refractivity contribution >= 4 is 0 Å². The quantitative estimate of drug-likeness (QED) is 0.438. The number of hydrogen-bond donors (Lipinski definition) is 0. The minimum Gasteiger partial charge on any atom is -0.501 e. The Bertz CT molecular complexity index is 162. The lowest BCUT2D eigenvalue weighted by Gasteiger charge is -2.13. The maximum absolute atomic E-state index is 5.31. The van der Waals surface area contributed by atoms with Gasteiger partial charge in [-0.15, -0.1) is 0 Å². The number of rotatable bonds is 9. The van der Waals surface area contributed by atoms with Crippen LogP contribution >= 0.6 is 0 Å². The van der Waals surface area contributed by atoms with Gasteiger partial charge in [-0.05, 0) is 25.3 Å². The molecule has 0 fully saturated rings. The number of methoxy groups -OCH3 is 3. The van der Waals surface area contributed by atoms with Crippen molar-refractivity contribution in [2.75, 3.05) is 27.9 Å². The molecule has 0 bridgehead atoms. The minimum absolute atomic E-state index is 0.339. The van der Waals surface area contributed by atoms with E-state index in [0.717, 1.165) is 38.0 Å². The highest BCUT2D eigenvalue weighted by Gasteiger charge is 2.05. The van der Waals surface area contributed by atoms with Crippen molar-refractivity contribution in [2.24, 2.45) is 0 Å². The second kappa shape index (κ2) is 9.99. The third-order valence-electron chi connectivity index (χ3n) is 2.46. The third-order valence-corrected chi connectivity index (χ3v) is 2.46. The standard InChI is InChI=1S/C12H24O3/c1-5-11(14-3)8-9-12(15-4)7-6-10-13-2/h7,11H,5-6,8-10H2,1-4H3/b12-7-. The number of ether oxygens (including phenoxy) is 3. The van der Waals surface area contributed by atoms with Gasteiger partial charge in [0.25, 0.3) is 0 Å². The lowest BCUT2D eigenvalue weighted by Crippen LogP contribution is -2.09. The normalized spacial score (nSPS) is 14.0. The van der Waals surface area contributed by atoms with E-state index in [9.17, 15) is 0 Å². The summed E-state index contributed by atoms with van der Waals surface area (Å²) in [6.07, 6.45) is 6.33. The van der Waals surface area contributed by atoms with E-state index >= 15 is 0 Å². The van der Waals surface area contributed by atoms with Gasteiger partial charge in [0, 0.05) is 27.2 Å². The molecule has 0 heterocycles. The Kier molecular flexibility index (Phi) is 9.63. The molecule has 3 heteroatoms. The Balaban J connectivity index is 3.82. The zero-order valence-electron chi connectivity index (χ0n) is 10.4. The van der Waals surface area contributed by atoms with Gasteiger partial charge in [-0.25, -0.2) is 0 Å². The van der Waals surface area contributed by atoms with E-state index < -0.39 is 0 Å². The molecule has 0 aliphatic carbocycles. The first kappa shape index (κ1) is 14.5. The molecule has 1 atom stereocenters. The third kappa shape index (κ3) is 7.40. The second-order valence-electron chi connectivity index (χ2n) is 3.46. The summed E-state index contributed by atoms with van der Waals surface area (Å²) in [6.45, 7) is 2.88. The molecule has 0 aromatic heterocycles. The van der Waals surface area contributed by atoms with Crippen LogP contribution in [0.15, 0.2) is 11.8 Å². The summed E-state index contributed by atoms with van der Waals surface area (Å²) in [5, 5.41) is 0. The predicted octanol–water partition coefficient (Wildman–Crippen LogP) is 2.76. The smallest absolute Gasteiger partial charge is 0.0917 e. The summed E-state index contributed by atoms with van der Waals surface area (Å²) in [4.78, 5) is 0. The van der Waals surface area contributed by atoms with Crippen LogP contribution in [0.1, 0.15) is 32.6 Å². The van der Waals surface area contributed by atoms with Gasteiger partial charge in [0.15, 0.2) is 0 Å². The van der Waals surface area contributed by atoms with E-state index in [2.05, 4.69) is 13.0 Å². The molecule has 0 aliphatic heterocycles. The summed E-state index contributed by atoms with van der Waals surface area (Å²) in [6, 6.07) is 0. The molecule has 0 saturated carbocycles. The first-order chi connectivity index (χ1) is 7.28. The van der Waals surface area contributed by atoms with Gasteiger partial charge in [-0.1, -0.05) is 6.92 Å². The molecule has 1 unspecified atom stereocenters. The lowest BCUT2D eigenvalue weighted by atomic mass is 10.1. The van der Waals surface area contributed by atoms with E-state index in [1.807, 2.05) is 0 Å². The highest BCUT2D eigenvalue weighted by molar-refractivity contribution is 4.93. The van der Waals surface area contributed by atoms with E-state index in [1.165, 1.54) is 0 Å². The minimum atomic E-state index is 0.339. The second-order valence-corrected chi connectivity index (χ2v) is 3.46. The molecule has 0 amide bonds. The maximum atomic E-state index is 5.31. The summed E-state index contributed by atoms with van der Waals surface area (Å²) in [7, 11) is 5.18. The van der Waals surface area contributed by atoms with Gasteiger partial charge in [-0.2, -0.15) is 0 Å². The van der Waals surface area contributed by atoms with Crippen molar-refractivity contribution in [3.05, 3.63) is 11.8 Å². The Labute approximate surface area is 93.4 Å². The van der Waals surface area contributed by atoms with E-state index in [1.54, 1.807) is 21.3 Å². The predicted molar refractivity (Wildman–Crippen MR) is 61.9 cm³/mol. The van der Waals surface area contributed by atoms with Crippen LogP contribution in [0.25, 0.3) is 0 Å². The van der Waals surface area contributed by atoms with Crippen LogP contribution in [0, 0.1) is 0 Å². The van der Waals surface area contributed by atoms with E-state index in [-0.39, 0.29) is 0 Å². The number of hydrogen-bond acceptors (Lipinski definition) is 3. The molecule has 0 spiro atoms. The molecule has 0 saturated heterocycles. The van der Waals surface area contributed by atoms with Gasteiger partial charge in [0.05, 0.1) is 19.0 Å². The molecule has 0 aromatic rings. The van der Waals surface area contributed by atoms with Gasteiger partial charge >= 0.3 is 0 Å². The first-order valence-electron chi connectivity index (χ1n) is 5.53. The molecule has 0 N–H and O–H groups in total. The summed E-state index contributed by atoms with van der Waals surface area (Å²) >= 11 is 0. The van der Waals surface area contributed by atoms with Crippen molar-refractivity contribution in [1.29, 1.82) is 0 Å². The van der Waals surface area contributed by atoms with Gasteiger partial charge < -0.3 is 14.2 Å². The van der Waals surface area contributed by atoms with E-state index in [0.29, 0.717) is 6.10 Å². The fraction of sp³-hybridized carbons (Fsp3) is 0.833. The van der Waals surface area contributed by atoms with Crippen LogP contribution in [0.2, 0.25) is 0 Å². The van der Waals surface area contributed by atoms with Crippen LogP contribution in [0.4, 0.5) is 0 Å². The van der Waals surface area contributed by atoms with Crippen molar-refractivity contribution in [1.82, 2.24) is 0 Å². The Morgan fingerprint density at radius 1 is 1.27 bits per heavy atom. The van der Waals surface area contributed by atoms with Gasteiger partial charge in [-0.3, -0.25) is 0 Å². The summed E-state index contributed by atoms with van der Waals surface area (Å²) < 4.78 is 15.6. The number of allylic oxidation sites excluding steroid dienone is 1. The molecule has 15 heavy (non-hydrogen) atoms. The van der Waals surface area contributed by atoms with Crippen molar-refractivity contribution in [3.8, 4) is 0 Å². The molecule has 0 radical (unpaired) electrons. The molecule has 0 aliphatic rings. The topological polar surface area (TPSA) is 27.7 Å². The van der Waals surface area contributed by atoms with Crippen LogP contribution in [0.5, 0.6) is 0 Å². The van der Waals surface area contributed by atoms with Gasteiger partial charge in [0.1, 0.15) is 0 Å². The summed E-state index contributed by atoms with van der Waals surface area (Å²) in [5.41, 5.74) is 0. The summed E-state index contributed by atoms with van der Waals surface area (Å²) in [5.74, 6) is 1.03. The SMILES string of the molecule is CCC(CC/C(=C/CCOC)OC)OC. The van der Waals surface area contributed by atoms with Crippen molar-refractivity contribution in [2.45, 2.75) is 38.7 Å². The zero-order chi connectivity index (χ0) is 11.5. The first-order valence-corrected chi connectivity index (χ1v) is 5.53. The lowest BCUT2D eigenvalue weighted by molar-refractivity contribution is 0.0882. The monoisotopic (exact) mass is 216 g/mol. The average Bonchev–Trinajstić information content (AvgIpc) is 2.28. The van der Waals surface area contributed by atoms with E-state index in [4.69, 9.17) is 14.2 Å². The molecular weight excluding hydrogens is 192 g/mol. The highest BCUT2D eigenvalue weighted by Crippen LogP contribution is 2.12.